The van der Waals surface area contributed by atoms with E-state index >= 15 is 0 Å². The first-order valence-electron chi connectivity index (χ1n) is 7.49. The average Bonchev–Trinajstić information content (AvgIpc) is 2.35. The van der Waals surface area contributed by atoms with E-state index in [9.17, 15) is 5.11 Å². The Balaban J connectivity index is 3.86. The number of hydrogen-bond acceptors (Lipinski definition) is 2. The van der Waals surface area contributed by atoms with Crippen LogP contribution in [0.2, 0.25) is 0 Å². The molecule has 0 saturated carbocycles. The predicted octanol–water partition coefficient (Wildman–Crippen LogP) is 3.92. The Morgan fingerprint density at radius 2 is 1.72 bits per heavy atom. The van der Waals surface area contributed by atoms with Gasteiger partial charge in [-0.3, -0.25) is 0 Å². The Bertz CT molecular complexity index is 211. The highest BCUT2D eigenvalue weighted by Gasteiger charge is 2.14. The second-order valence-corrected chi connectivity index (χ2v) is 5.75. The van der Waals surface area contributed by atoms with E-state index in [4.69, 9.17) is 5.11 Å². The number of aliphatic hydroxyl groups excluding tert-OH is 2. The van der Waals surface area contributed by atoms with Crippen molar-refractivity contribution in [2.75, 3.05) is 6.61 Å². The van der Waals surface area contributed by atoms with Gasteiger partial charge < -0.3 is 10.2 Å². The summed E-state index contributed by atoms with van der Waals surface area (Å²) in [6.07, 6.45) is 7.65. The van der Waals surface area contributed by atoms with Gasteiger partial charge in [-0.15, -0.1) is 0 Å². The maximum atomic E-state index is 9.42. The van der Waals surface area contributed by atoms with Crippen LogP contribution >= 0.6 is 0 Å². The largest absolute Gasteiger partial charge is 0.393 e. The Morgan fingerprint density at radius 3 is 2.22 bits per heavy atom. The lowest BCUT2D eigenvalue weighted by atomic mass is 9.85. The second kappa shape index (κ2) is 10.6. The van der Waals surface area contributed by atoms with Crippen LogP contribution in [0.4, 0.5) is 0 Å². The zero-order chi connectivity index (χ0) is 14.0. The van der Waals surface area contributed by atoms with Gasteiger partial charge in [0, 0.05) is 0 Å². The molecule has 2 N–H and O–H groups in total. The summed E-state index contributed by atoms with van der Waals surface area (Å²) in [5, 5.41) is 18.3. The van der Waals surface area contributed by atoms with E-state index in [-0.39, 0.29) is 6.61 Å². The molecule has 2 heteroatoms. The van der Waals surface area contributed by atoms with Crippen LogP contribution in [0.25, 0.3) is 0 Å². The highest BCUT2D eigenvalue weighted by molar-refractivity contribution is 5.01. The molecule has 0 bridgehead atoms. The zero-order valence-corrected chi connectivity index (χ0v) is 12.5. The van der Waals surface area contributed by atoms with Crippen LogP contribution in [-0.4, -0.2) is 22.9 Å². The van der Waals surface area contributed by atoms with E-state index in [1.165, 1.54) is 32.1 Å². The number of rotatable bonds is 11. The summed E-state index contributed by atoms with van der Waals surface area (Å²) in [5.41, 5.74) is 0.772. The molecule has 0 radical (unpaired) electrons. The minimum absolute atomic E-state index is 0.205. The highest BCUT2D eigenvalue weighted by Crippen LogP contribution is 2.25. The minimum Gasteiger partial charge on any atom is -0.393 e. The Morgan fingerprint density at radius 1 is 1.11 bits per heavy atom. The Hall–Kier alpha value is -0.340. The molecule has 2 atom stereocenters. The molecule has 0 spiro atoms. The third-order valence-corrected chi connectivity index (χ3v) is 3.84. The van der Waals surface area contributed by atoms with Crippen molar-refractivity contribution < 1.29 is 10.2 Å². The summed E-state index contributed by atoms with van der Waals surface area (Å²) < 4.78 is 0. The van der Waals surface area contributed by atoms with E-state index in [2.05, 4.69) is 27.4 Å². The maximum Gasteiger partial charge on any atom is 0.0978 e. The molecule has 2 unspecified atom stereocenters. The summed E-state index contributed by atoms with van der Waals surface area (Å²) in [6.45, 7) is 10.5. The van der Waals surface area contributed by atoms with Gasteiger partial charge in [-0.2, -0.15) is 0 Å². The topological polar surface area (TPSA) is 40.5 Å². The maximum absolute atomic E-state index is 9.42. The van der Waals surface area contributed by atoms with Crippen molar-refractivity contribution in [1.82, 2.24) is 0 Å². The van der Waals surface area contributed by atoms with E-state index < -0.39 is 6.10 Å². The molecule has 0 aliphatic carbocycles. The smallest absolute Gasteiger partial charge is 0.0978 e. The molecule has 0 heterocycles. The van der Waals surface area contributed by atoms with E-state index in [0.29, 0.717) is 0 Å². The van der Waals surface area contributed by atoms with Gasteiger partial charge in [0.15, 0.2) is 0 Å². The van der Waals surface area contributed by atoms with Gasteiger partial charge in [0.25, 0.3) is 0 Å². The van der Waals surface area contributed by atoms with Crippen molar-refractivity contribution in [3.8, 4) is 0 Å². The van der Waals surface area contributed by atoms with Crippen LogP contribution in [0.3, 0.4) is 0 Å². The summed E-state index contributed by atoms with van der Waals surface area (Å²) in [6, 6.07) is 0. The Kier molecular flexibility index (Phi) is 10.4. The standard InChI is InChI=1S/C16H32O2/c1-5-6-7-10-15(13(2)3)11-8-9-14(4)16(18)12-17/h13,15-18H,4-12H2,1-3H3. The van der Waals surface area contributed by atoms with Gasteiger partial charge >= 0.3 is 0 Å². The van der Waals surface area contributed by atoms with Crippen molar-refractivity contribution in [1.29, 1.82) is 0 Å². The first kappa shape index (κ1) is 17.7. The quantitative estimate of drug-likeness (QED) is 0.434. The van der Waals surface area contributed by atoms with Crippen molar-refractivity contribution in [3.63, 3.8) is 0 Å². The molecule has 0 saturated heterocycles. The van der Waals surface area contributed by atoms with Crippen LogP contribution in [0.1, 0.15) is 65.7 Å². The van der Waals surface area contributed by atoms with E-state index in [0.717, 1.165) is 30.3 Å². The lowest BCUT2D eigenvalue weighted by Crippen LogP contribution is -2.15. The average molecular weight is 256 g/mol. The summed E-state index contributed by atoms with van der Waals surface area (Å²) in [4.78, 5) is 0. The van der Waals surface area contributed by atoms with Gasteiger partial charge in [0.1, 0.15) is 0 Å². The number of hydrogen-bond donors (Lipinski definition) is 2. The van der Waals surface area contributed by atoms with Crippen LogP contribution in [0, 0.1) is 11.8 Å². The van der Waals surface area contributed by atoms with Crippen molar-refractivity contribution >= 4 is 0 Å². The van der Waals surface area contributed by atoms with Gasteiger partial charge in [-0.25, -0.2) is 0 Å². The van der Waals surface area contributed by atoms with Gasteiger partial charge in [-0.05, 0) is 36.7 Å². The van der Waals surface area contributed by atoms with Crippen molar-refractivity contribution in [3.05, 3.63) is 12.2 Å². The molecule has 2 nitrogen and oxygen atoms in total. The lowest BCUT2D eigenvalue weighted by molar-refractivity contribution is 0.119. The molecule has 0 fully saturated rings. The number of unbranched alkanes of at least 4 members (excludes halogenated alkanes) is 2. The third kappa shape index (κ3) is 7.88. The summed E-state index contributed by atoms with van der Waals surface area (Å²) in [5.74, 6) is 1.52. The van der Waals surface area contributed by atoms with Crippen LogP contribution in [0.5, 0.6) is 0 Å². The summed E-state index contributed by atoms with van der Waals surface area (Å²) in [7, 11) is 0. The van der Waals surface area contributed by atoms with Gasteiger partial charge in [0.05, 0.1) is 12.7 Å². The fourth-order valence-electron chi connectivity index (χ4n) is 2.35. The SMILES string of the molecule is C=C(CCCC(CCCCC)C(C)C)C(O)CO. The summed E-state index contributed by atoms with van der Waals surface area (Å²) >= 11 is 0. The van der Waals surface area contributed by atoms with E-state index in [1.54, 1.807) is 0 Å². The predicted molar refractivity (Wildman–Crippen MR) is 78.6 cm³/mol. The van der Waals surface area contributed by atoms with Crippen molar-refractivity contribution in [2.45, 2.75) is 71.8 Å². The lowest BCUT2D eigenvalue weighted by Gasteiger charge is -2.21. The fraction of sp³-hybridized carbons (Fsp3) is 0.875. The Labute approximate surface area is 113 Å². The first-order chi connectivity index (χ1) is 8.52. The van der Waals surface area contributed by atoms with Crippen LogP contribution < -0.4 is 0 Å². The molecule has 0 aromatic rings. The van der Waals surface area contributed by atoms with E-state index in [1.807, 2.05) is 0 Å². The molecule has 0 aliphatic rings. The van der Waals surface area contributed by atoms with Gasteiger partial charge in [-0.1, -0.05) is 53.0 Å². The molecule has 0 aliphatic heterocycles. The van der Waals surface area contributed by atoms with Gasteiger partial charge in [0.2, 0.25) is 0 Å². The second-order valence-electron chi connectivity index (χ2n) is 5.75. The molecule has 108 valence electrons. The molecule has 0 rings (SSSR count). The first-order valence-corrected chi connectivity index (χ1v) is 7.49. The van der Waals surface area contributed by atoms with Crippen molar-refractivity contribution in [2.24, 2.45) is 11.8 Å². The fourth-order valence-corrected chi connectivity index (χ4v) is 2.35. The zero-order valence-electron chi connectivity index (χ0n) is 12.5. The molecule has 18 heavy (non-hydrogen) atoms. The normalized spacial score (nSPS) is 14.8. The van der Waals surface area contributed by atoms with Crippen LogP contribution in [-0.2, 0) is 0 Å². The number of aliphatic hydroxyl groups is 2. The molecule has 0 amide bonds. The minimum atomic E-state index is -0.734. The van der Waals surface area contributed by atoms with Crippen LogP contribution in [0.15, 0.2) is 12.2 Å². The molecular weight excluding hydrogens is 224 g/mol. The monoisotopic (exact) mass is 256 g/mol. The molecule has 0 aromatic carbocycles. The highest BCUT2D eigenvalue weighted by atomic mass is 16.3. The third-order valence-electron chi connectivity index (χ3n) is 3.84. The molecular formula is C16H32O2. The molecule has 0 aromatic heterocycles.